The average molecular weight is 384 g/mol. The van der Waals surface area contributed by atoms with Gasteiger partial charge in [0.1, 0.15) is 0 Å². The van der Waals surface area contributed by atoms with E-state index in [1.165, 1.54) is 83.6 Å². The molecule has 3 heteroatoms. The molecule has 3 nitrogen and oxygen atoms in total. The van der Waals surface area contributed by atoms with Gasteiger partial charge < -0.3 is 10.2 Å². The van der Waals surface area contributed by atoms with E-state index in [0.29, 0.717) is 6.42 Å². The highest BCUT2D eigenvalue weighted by molar-refractivity contribution is 5.73. The van der Waals surface area contributed by atoms with E-state index in [1.807, 2.05) is 0 Å². The zero-order valence-corrected chi connectivity index (χ0v) is 19.4. The van der Waals surface area contributed by atoms with E-state index in [4.69, 9.17) is 5.73 Å². The van der Waals surface area contributed by atoms with Crippen LogP contribution in [0.1, 0.15) is 110 Å². The quantitative estimate of drug-likeness (QED) is 0.171. The predicted molar refractivity (Wildman–Crippen MR) is 122 cm³/mol. The van der Waals surface area contributed by atoms with Crippen LogP contribution in [0, 0.1) is 0 Å². The summed E-state index contributed by atoms with van der Waals surface area (Å²) in [6.07, 6.45) is 23.2. The highest BCUT2D eigenvalue weighted by Gasteiger charge is 2.01. The van der Waals surface area contributed by atoms with Gasteiger partial charge in [0.25, 0.3) is 0 Å². The third-order valence-corrected chi connectivity index (χ3v) is 4.58. The highest BCUT2D eigenvalue weighted by Crippen LogP contribution is 2.09. The van der Waals surface area contributed by atoms with Crippen LogP contribution in [-0.2, 0) is 4.79 Å². The molecule has 1 amide bonds. The maximum atomic E-state index is 10.5. The fraction of sp³-hybridized carbons (Fsp3) is 0.875. The molecule has 27 heavy (non-hydrogen) atoms. The number of nitrogens with two attached hydrogens (primary N) is 1. The molecule has 0 fully saturated rings. The van der Waals surface area contributed by atoms with Gasteiger partial charge in [-0.15, -0.1) is 0 Å². The number of hydrogen-bond donors (Lipinski definition) is 1. The zero-order valence-electron chi connectivity index (χ0n) is 19.4. The van der Waals surface area contributed by atoms with Crippen molar-refractivity contribution in [3.8, 4) is 0 Å². The fourth-order valence-corrected chi connectivity index (χ4v) is 3.04. The van der Waals surface area contributed by atoms with Crippen molar-refractivity contribution in [3.63, 3.8) is 0 Å². The lowest BCUT2D eigenvalue weighted by molar-refractivity contribution is -0.870. The zero-order chi connectivity index (χ0) is 20.8. The average Bonchev–Trinajstić information content (AvgIpc) is 2.57. The number of carbonyl (C=O) groups is 1. The van der Waals surface area contributed by atoms with Gasteiger partial charge in [0.15, 0.2) is 0 Å². The second-order valence-corrected chi connectivity index (χ2v) is 8.81. The van der Waals surface area contributed by atoms with Gasteiger partial charge in [-0.25, -0.2) is 0 Å². The molecule has 162 valence electrons. The molecule has 0 saturated heterocycles. The molecule has 0 aliphatic carbocycles. The highest BCUT2D eigenvalue weighted by atomic mass is 16.1. The summed E-state index contributed by atoms with van der Waals surface area (Å²) in [4.78, 5) is 10.5. The molecule has 2 N–H and O–H groups in total. The maximum Gasteiger partial charge on any atom is 0.217 e. The Hall–Kier alpha value is -0.830. The number of primary amides is 1. The summed E-state index contributed by atoms with van der Waals surface area (Å²) in [5, 5.41) is 0. The van der Waals surface area contributed by atoms with Gasteiger partial charge in [0.05, 0.1) is 27.7 Å². The van der Waals surface area contributed by atoms with Crippen LogP contribution < -0.4 is 5.73 Å². The molecule has 0 atom stereocenters. The van der Waals surface area contributed by atoms with Crippen LogP contribution in [0.2, 0.25) is 0 Å². The Morgan fingerprint density at radius 3 is 1.52 bits per heavy atom. The first kappa shape index (κ1) is 28.4. The van der Waals surface area contributed by atoms with Crippen molar-refractivity contribution in [2.75, 3.05) is 27.7 Å². The van der Waals surface area contributed by atoms with Crippen LogP contribution >= 0.6 is 0 Å². The van der Waals surface area contributed by atoms with Crippen molar-refractivity contribution in [2.24, 2.45) is 5.73 Å². The Bertz CT molecular complexity index is 332. The van der Waals surface area contributed by atoms with E-state index in [0.717, 1.165) is 17.3 Å². The molecular weight excluding hydrogens is 332 g/mol. The summed E-state index contributed by atoms with van der Waals surface area (Å²) in [6.45, 7) is 5.75. The molecule has 0 rings (SSSR count). The summed E-state index contributed by atoms with van der Waals surface area (Å²) in [5.41, 5.74) is 5.10. The lowest BCUT2D eigenvalue weighted by Crippen LogP contribution is -2.34. The number of rotatable bonds is 17. The van der Waals surface area contributed by atoms with Crippen LogP contribution in [-0.4, -0.2) is 38.1 Å². The molecule has 0 aliphatic rings. The van der Waals surface area contributed by atoms with Gasteiger partial charge in [-0.05, 0) is 38.5 Å². The van der Waals surface area contributed by atoms with Crippen LogP contribution in [0.4, 0.5) is 0 Å². The monoisotopic (exact) mass is 383 g/mol. The Labute approximate surface area is 171 Å². The number of amides is 1. The molecular formula is C24H51N2O+. The van der Waals surface area contributed by atoms with Crippen LogP contribution in [0.25, 0.3) is 0 Å². The fourth-order valence-electron chi connectivity index (χ4n) is 3.04. The first-order chi connectivity index (χ1) is 12.8. The molecule has 0 heterocycles. The number of carbonyl (C=O) groups excluding carboxylic acids is 1. The maximum absolute atomic E-state index is 10.5. The van der Waals surface area contributed by atoms with Gasteiger partial charge in [0, 0.05) is 6.42 Å². The molecule has 0 bridgehead atoms. The lowest BCUT2D eigenvalue weighted by atomic mass is 10.1. The van der Waals surface area contributed by atoms with E-state index in [-0.39, 0.29) is 5.91 Å². The second kappa shape index (κ2) is 21.5. The minimum Gasteiger partial charge on any atom is -0.370 e. The third kappa shape index (κ3) is 33.2. The van der Waals surface area contributed by atoms with Crippen molar-refractivity contribution in [3.05, 3.63) is 12.2 Å². The van der Waals surface area contributed by atoms with Crippen molar-refractivity contribution < 1.29 is 9.28 Å². The molecule has 0 saturated carbocycles. The first-order valence-electron chi connectivity index (χ1n) is 11.6. The Morgan fingerprint density at radius 1 is 0.704 bits per heavy atom. The number of unbranched alkanes of at least 4 members (excludes halogenated alkanes) is 11. The molecule has 0 aromatic rings. The van der Waals surface area contributed by atoms with Gasteiger partial charge in [-0.1, -0.05) is 77.4 Å². The SMILES string of the molecule is CCCCCCCC/C=C\CCCCCCCC(N)=O.CCC[N+](C)(C)C. The summed E-state index contributed by atoms with van der Waals surface area (Å²) in [6, 6.07) is 0. The van der Waals surface area contributed by atoms with Gasteiger partial charge in [-0.2, -0.15) is 0 Å². The summed E-state index contributed by atoms with van der Waals surface area (Å²) in [7, 11) is 6.64. The van der Waals surface area contributed by atoms with E-state index < -0.39 is 0 Å². The van der Waals surface area contributed by atoms with Crippen molar-refractivity contribution in [1.29, 1.82) is 0 Å². The molecule has 0 spiro atoms. The van der Waals surface area contributed by atoms with Crippen molar-refractivity contribution in [1.82, 2.24) is 0 Å². The second-order valence-electron chi connectivity index (χ2n) is 8.81. The largest absolute Gasteiger partial charge is 0.370 e. The van der Waals surface area contributed by atoms with Crippen molar-refractivity contribution in [2.45, 2.75) is 110 Å². The molecule has 0 aromatic heterocycles. The van der Waals surface area contributed by atoms with E-state index >= 15 is 0 Å². The van der Waals surface area contributed by atoms with Crippen molar-refractivity contribution >= 4 is 5.91 Å². The summed E-state index contributed by atoms with van der Waals surface area (Å²) >= 11 is 0. The van der Waals surface area contributed by atoms with Crippen LogP contribution in [0.15, 0.2) is 12.2 Å². The Kier molecular flexibility index (Phi) is 22.6. The van der Waals surface area contributed by atoms with Gasteiger partial charge >= 0.3 is 0 Å². The molecule has 0 unspecified atom stereocenters. The first-order valence-corrected chi connectivity index (χ1v) is 11.6. The van der Waals surface area contributed by atoms with Gasteiger partial charge in [0.2, 0.25) is 5.91 Å². The van der Waals surface area contributed by atoms with Gasteiger partial charge in [-0.3, -0.25) is 4.79 Å². The van der Waals surface area contributed by atoms with E-state index in [9.17, 15) is 4.79 Å². The van der Waals surface area contributed by atoms with E-state index in [1.54, 1.807) is 0 Å². The topological polar surface area (TPSA) is 43.1 Å². The third-order valence-electron chi connectivity index (χ3n) is 4.58. The Morgan fingerprint density at radius 2 is 1.15 bits per heavy atom. The molecule has 0 radical (unpaired) electrons. The van der Waals surface area contributed by atoms with E-state index in [2.05, 4.69) is 47.1 Å². The smallest absolute Gasteiger partial charge is 0.217 e. The normalized spacial score (nSPS) is 11.4. The number of quaternary nitrogens is 1. The summed E-state index contributed by atoms with van der Waals surface area (Å²) < 4.78 is 1.09. The number of nitrogens with zero attached hydrogens (tertiary/aromatic N) is 1. The number of hydrogen-bond acceptors (Lipinski definition) is 1. The minimum absolute atomic E-state index is 0.164. The lowest BCUT2D eigenvalue weighted by Gasteiger charge is -2.22. The standard InChI is InChI=1S/C18H35NO.C6H16N/c1-2-3-4-5-6-7-8-9-10-11-12-13-14-15-16-17-18(19)20;1-5-6-7(2,3)4/h9-10H,2-8,11-17H2,1H3,(H2,19,20);5-6H2,1-4H3/q;+1/b10-9-;. The Balaban J connectivity index is 0. The van der Waals surface area contributed by atoms with Crippen LogP contribution in [0.3, 0.4) is 0 Å². The molecule has 0 aliphatic heterocycles. The summed E-state index contributed by atoms with van der Waals surface area (Å²) in [5.74, 6) is -0.164. The number of allylic oxidation sites excluding steroid dienone is 2. The minimum atomic E-state index is -0.164. The predicted octanol–water partition coefficient (Wildman–Crippen LogP) is 6.61. The molecule has 0 aromatic carbocycles. The van der Waals surface area contributed by atoms with Crippen LogP contribution in [0.5, 0.6) is 0 Å².